The third kappa shape index (κ3) is 5.75. The smallest absolute Gasteiger partial charge is 0.220 e. The van der Waals surface area contributed by atoms with Crippen LogP contribution in [0.3, 0.4) is 0 Å². The van der Waals surface area contributed by atoms with Gasteiger partial charge in [-0.05, 0) is 50.4 Å². The molecule has 1 atom stereocenters. The van der Waals surface area contributed by atoms with E-state index >= 15 is 0 Å². The minimum atomic E-state index is 0.155. The first-order chi connectivity index (χ1) is 9.84. The van der Waals surface area contributed by atoms with E-state index in [4.69, 9.17) is 9.15 Å². The molecular formula is C15H24N2O3. The van der Waals surface area contributed by atoms with Gasteiger partial charge in [-0.15, -0.1) is 0 Å². The minimum Gasteiger partial charge on any atom is -0.467 e. The molecule has 20 heavy (non-hydrogen) atoms. The molecule has 0 radical (unpaired) electrons. The maximum Gasteiger partial charge on any atom is 0.220 e. The summed E-state index contributed by atoms with van der Waals surface area (Å²) < 4.78 is 10.6. The van der Waals surface area contributed by atoms with Gasteiger partial charge in [0.15, 0.2) is 0 Å². The molecule has 1 aromatic rings. The third-order valence-corrected chi connectivity index (χ3v) is 3.55. The molecule has 0 bridgehead atoms. The fourth-order valence-corrected chi connectivity index (χ4v) is 2.35. The number of hydrogen-bond acceptors (Lipinski definition) is 4. The van der Waals surface area contributed by atoms with Crippen LogP contribution in [0.1, 0.15) is 31.4 Å². The second kappa shape index (κ2) is 8.76. The van der Waals surface area contributed by atoms with Gasteiger partial charge >= 0.3 is 0 Å². The van der Waals surface area contributed by atoms with Crippen LogP contribution in [0.5, 0.6) is 0 Å². The standard InChI is InChI=1S/C15H24N2O3/c18-15(5-4-13-6-8-16-11-13)17-7-2-9-19-12-14-3-1-10-20-14/h1,3,10,13,16H,2,4-9,11-12H2,(H,17,18). The Morgan fingerprint density at radius 1 is 1.55 bits per heavy atom. The normalized spacial score (nSPS) is 18.3. The summed E-state index contributed by atoms with van der Waals surface area (Å²) in [6.45, 7) is 3.97. The molecule has 2 heterocycles. The van der Waals surface area contributed by atoms with Gasteiger partial charge in [-0.1, -0.05) is 0 Å². The van der Waals surface area contributed by atoms with Gasteiger partial charge in [-0.3, -0.25) is 4.79 Å². The van der Waals surface area contributed by atoms with E-state index in [9.17, 15) is 4.79 Å². The molecule has 1 amide bonds. The van der Waals surface area contributed by atoms with Gasteiger partial charge in [0.1, 0.15) is 12.4 Å². The van der Waals surface area contributed by atoms with Crippen LogP contribution in [0, 0.1) is 5.92 Å². The molecule has 2 N–H and O–H groups in total. The van der Waals surface area contributed by atoms with Gasteiger partial charge < -0.3 is 19.8 Å². The molecule has 0 aromatic carbocycles. The van der Waals surface area contributed by atoms with Crippen LogP contribution in [0.2, 0.25) is 0 Å². The van der Waals surface area contributed by atoms with Gasteiger partial charge in [0, 0.05) is 19.6 Å². The summed E-state index contributed by atoms with van der Waals surface area (Å²) in [4.78, 5) is 11.6. The number of hydrogen-bond donors (Lipinski definition) is 2. The predicted molar refractivity (Wildman–Crippen MR) is 76.2 cm³/mol. The van der Waals surface area contributed by atoms with Crippen LogP contribution in [0.15, 0.2) is 22.8 Å². The molecule has 1 aliphatic heterocycles. The van der Waals surface area contributed by atoms with Crippen molar-refractivity contribution in [1.29, 1.82) is 0 Å². The van der Waals surface area contributed by atoms with Crippen molar-refractivity contribution in [2.45, 2.75) is 32.3 Å². The van der Waals surface area contributed by atoms with Gasteiger partial charge in [0.2, 0.25) is 5.91 Å². The SMILES string of the molecule is O=C(CCC1CCNC1)NCCCOCc1ccco1. The molecule has 5 heteroatoms. The van der Waals surface area contributed by atoms with Crippen LogP contribution in [-0.2, 0) is 16.1 Å². The first-order valence-electron chi connectivity index (χ1n) is 7.42. The highest BCUT2D eigenvalue weighted by Gasteiger charge is 2.15. The van der Waals surface area contributed by atoms with Gasteiger partial charge in [-0.25, -0.2) is 0 Å². The first-order valence-corrected chi connectivity index (χ1v) is 7.42. The van der Waals surface area contributed by atoms with E-state index in [2.05, 4.69) is 10.6 Å². The van der Waals surface area contributed by atoms with Crippen molar-refractivity contribution >= 4 is 5.91 Å². The molecule has 0 saturated carbocycles. The van der Waals surface area contributed by atoms with E-state index in [1.54, 1.807) is 6.26 Å². The lowest BCUT2D eigenvalue weighted by molar-refractivity contribution is -0.121. The zero-order valence-corrected chi connectivity index (χ0v) is 11.9. The van der Waals surface area contributed by atoms with E-state index in [1.165, 1.54) is 6.42 Å². The van der Waals surface area contributed by atoms with Gasteiger partial charge in [0.25, 0.3) is 0 Å². The second-order valence-corrected chi connectivity index (χ2v) is 5.23. The molecule has 1 unspecified atom stereocenters. The number of amides is 1. The lowest BCUT2D eigenvalue weighted by Crippen LogP contribution is -2.25. The van der Waals surface area contributed by atoms with E-state index in [0.717, 1.165) is 31.7 Å². The van der Waals surface area contributed by atoms with Crippen molar-refractivity contribution in [3.63, 3.8) is 0 Å². The monoisotopic (exact) mass is 280 g/mol. The van der Waals surface area contributed by atoms with Crippen molar-refractivity contribution in [3.8, 4) is 0 Å². The van der Waals surface area contributed by atoms with Crippen LogP contribution in [-0.4, -0.2) is 32.1 Å². The number of rotatable bonds is 9. The Morgan fingerprint density at radius 2 is 2.50 bits per heavy atom. The number of carbonyl (C=O) groups is 1. The summed E-state index contributed by atoms with van der Waals surface area (Å²) in [5.74, 6) is 1.67. The Hall–Kier alpha value is -1.33. The molecule has 1 aliphatic rings. The summed E-state index contributed by atoms with van der Waals surface area (Å²) in [5.41, 5.74) is 0. The highest BCUT2D eigenvalue weighted by molar-refractivity contribution is 5.75. The molecule has 112 valence electrons. The molecule has 0 aliphatic carbocycles. The highest BCUT2D eigenvalue weighted by atomic mass is 16.5. The first kappa shape index (κ1) is 15.1. The van der Waals surface area contributed by atoms with Crippen LogP contribution >= 0.6 is 0 Å². The molecule has 1 saturated heterocycles. The highest BCUT2D eigenvalue weighted by Crippen LogP contribution is 2.13. The van der Waals surface area contributed by atoms with Crippen molar-refractivity contribution in [2.75, 3.05) is 26.2 Å². The molecule has 2 rings (SSSR count). The van der Waals surface area contributed by atoms with Crippen LogP contribution in [0.25, 0.3) is 0 Å². The minimum absolute atomic E-state index is 0.155. The average molecular weight is 280 g/mol. The third-order valence-electron chi connectivity index (χ3n) is 3.55. The summed E-state index contributed by atoms with van der Waals surface area (Å²) in [5, 5.41) is 6.26. The van der Waals surface area contributed by atoms with Crippen molar-refractivity contribution in [1.82, 2.24) is 10.6 Å². The largest absolute Gasteiger partial charge is 0.467 e. The van der Waals surface area contributed by atoms with Crippen LogP contribution in [0.4, 0.5) is 0 Å². The van der Waals surface area contributed by atoms with E-state index in [1.807, 2.05) is 12.1 Å². The zero-order valence-electron chi connectivity index (χ0n) is 11.9. The molecular weight excluding hydrogens is 256 g/mol. The summed E-state index contributed by atoms with van der Waals surface area (Å²) in [6.07, 6.45) is 5.30. The summed E-state index contributed by atoms with van der Waals surface area (Å²) >= 11 is 0. The van der Waals surface area contributed by atoms with Gasteiger partial charge in [-0.2, -0.15) is 0 Å². The topological polar surface area (TPSA) is 63.5 Å². The molecule has 5 nitrogen and oxygen atoms in total. The Morgan fingerprint density at radius 3 is 3.25 bits per heavy atom. The lowest BCUT2D eigenvalue weighted by atomic mass is 10.0. The van der Waals surface area contributed by atoms with E-state index in [-0.39, 0.29) is 5.91 Å². The summed E-state index contributed by atoms with van der Waals surface area (Å²) in [6, 6.07) is 3.73. The number of carbonyl (C=O) groups excluding carboxylic acids is 1. The number of nitrogens with one attached hydrogen (secondary N) is 2. The van der Waals surface area contributed by atoms with Crippen molar-refractivity contribution in [2.24, 2.45) is 5.92 Å². The van der Waals surface area contributed by atoms with Crippen molar-refractivity contribution in [3.05, 3.63) is 24.2 Å². The number of ether oxygens (including phenoxy) is 1. The Labute approximate surface area is 120 Å². The van der Waals surface area contributed by atoms with E-state index < -0.39 is 0 Å². The maximum atomic E-state index is 11.6. The Bertz CT molecular complexity index is 372. The zero-order chi connectivity index (χ0) is 14.0. The second-order valence-electron chi connectivity index (χ2n) is 5.23. The maximum absolute atomic E-state index is 11.6. The lowest BCUT2D eigenvalue weighted by Gasteiger charge is -2.08. The Kier molecular flexibility index (Phi) is 6.60. The fraction of sp³-hybridized carbons (Fsp3) is 0.667. The average Bonchev–Trinajstić information content (AvgIpc) is 3.13. The molecule has 0 spiro atoms. The molecule has 1 aromatic heterocycles. The quantitative estimate of drug-likeness (QED) is 0.676. The van der Waals surface area contributed by atoms with E-state index in [0.29, 0.717) is 32.1 Å². The number of furan rings is 1. The van der Waals surface area contributed by atoms with Gasteiger partial charge in [0.05, 0.1) is 6.26 Å². The fourth-order valence-electron chi connectivity index (χ4n) is 2.35. The summed E-state index contributed by atoms with van der Waals surface area (Å²) in [7, 11) is 0. The van der Waals surface area contributed by atoms with Crippen molar-refractivity contribution < 1.29 is 13.9 Å². The molecule has 1 fully saturated rings. The predicted octanol–water partition coefficient (Wildman–Crippen LogP) is 1.69. The van der Waals surface area contributed by atoms with Crippen LogP contribution < -0.4 is 10.6 Å². The Balaban J connectivity index is 1.41.